The second-order valence-electron chi connectivity index (χ2n) is 5.79. The minimum absolute atomic E-state index is 0.0735. The molecule has 0 unspecified atom stereocenters. The summed E-state index contributed by atoms with van der Waals surface area (Å²) in [6.45, 7) is 2.23. The Kier molecular flexibility index (Phi) is 5.39. The largest absolute Gasteiger partial charge is 0.396 e. The van der Waals surface area contributed by atoms with Gasteiger partial charge in [-0.15, -0.1) is 0 Å². The Morgan fingerprint density at radius 2 is 2.15 bits per heavy atom. The second-order valence-corrected chi connectivity index (χ2v) is 5.79. The molecule has 1 heterocycles. The molecule has 1 amide bonds. The highest BCUT2D eigenvalue weighted by Gasteiger charge is 2.26. The van der Waals surface area contributed by atoms with Gasteiger partial charge in [0, 0.05) is 12.1 Å². The van der Waals surface area contributed by atoms with E-state index in [9.17, 15) is 4.79 Å². The molecule has 4 heteroatoms. The second kappa shape index (κ2) is 7.27. The first-order valence-electron chi connectivity index (χ1n) is 7.72. The number of carbonyl (C=O) groups excluding carboxylic acids is 1. The zero-order chi connectivity index (χ0) is 14.4. The summed E-state index contributed by atoms with van der Waals surface area (Å²) in [5.41, 5.74) is 6.32. The van der Waals surface area contributed by atoms with Crippen molar-refractivity contribution in [3.05, 3.63) is 18.3 Å². The number of rotatable bonds is 5. The van der Waals surface area contributed by atoms with Crippen LogP contribution in [0.15, 0.2) is 18.3 Å². The Morgan fingerprint density at radius 3 is 2.80 bits per heavy atom. The summed E-state index contributed by atoms with van der Waals surface area (Å²) in [6.07, 6.45) is 9.88. The fraction of sp³-hybridized carbons (Fsp3) is 0.625. The van der Waals surface area contributed by atoms with Crippen molar-refractivity contribution in [3.8, 4) is 0 Å². The van der Waals surface area contributed by atoms with Gasteiger partial charge in [0.1, 0.15) is 0 Å². The zero-order valence-electron chi connectivity index (χ0n) is 12.3. The van der Waals surface area contributed by atoms with Crippen molar-refractivity contribution >= 4 is 17.4 Å². The van der Waals surface area contributed by atoms with Gasteiger partial charge >= 0.3 is 0 Å². The van der Waals surface area contributed by atoms with Gasteiger partial charge in [-0.3, -0.25) is 4.79 Å². The summed E-state index contributed by atoms with van der Waals surface area (Å²) in [4.78, 5) is 16.3. The fourth-order valence-electron chi connectivity index (χ4n) is 2.95. The van der Waals surface area contributed by atoms with E-state index in [-0.39, 0.29) is 11.8 Å². The molecule has 1 aliphatic rings. The number of carbonyl (C=O) groups is 1. The van der Waals surface area contributed by atoms with Crippen molar-refractivity contribution < 1.29 is 4.79 Å². The fourth-order valence-corrected chi connectivity index (χ4v) is 2.95. The van der Waals surface area contributed by atoms with Crippen LogP contribution in [0.4, 0.5) is 11.5 Å². The highest BCUT2D eigenvalue weighted by molar-refractivity contribution is 5.94. The van der Waals surface area contributed by atoms with Crippen LogP contribution in [-0.2, 0) is 4.79 Å². The molecule has 0 aliphatic heterocycles. The number of amides is 1. The van der Waals surface area contributed by atoms with Gasteiger partial charge in [-0.1, -0.05) is 26.2 Å². The van der Waals surface area contributed by atoms with Gasteiger partial charge in [0.25, 0.3) is 0 Å². The number of nitrogens with zero attached hydrogens (tertiary/aromatic N) is 1. The molecule has 4 nitrogen and oxygen atoms in total. The summed E-state index contributed by atoms with van der Waals surface area (Å²) >= 11 is 0. The molecule has 3 N–H and O–H groups in total. The molecule has 1 aliphatic carbocycles. The van der Waals surface area contributed by atoms with E-state index in [0.29, 0.717) is 11.5 Å². The number of aromatic nitrogens is 1. The van der Waals surface area contributed by atoms with Crippen molar-refractivity contribution in [1.29, 1.82) is 0 Å². The average molecular weight is 275 g/mol. The number of hydrogen-bond donors (Lipinski definition) is 2. The maximum Gasteiger partial charge on any atom is 0.228 e. The van der Waals surface area contributed by atoms with Gasteiger partial charge in [0.2, 0.25) is 5.91 Å². The summed E-state index contributed by atoms with van der Waals surface area (Å²) < 4.78 is 0. The molecule has 0 radical (unpaired) electrons. The van der Waals surface area contributed by atoms with Crippen LogP contribution in [0.5, 0.6) is 0 Å². The van der Waals surface area contributed by atoms with E-state index in [1.807, 2.05) is 0 Å². The molecule has 1 aromatic rings. The number of unbranched alkanes of at least 4 members (excludes halogenated alkanes) is 1. The summed E-state index contributed by atoms with van der Waals surface area (Å²) in [7, 11) is 0. The molecule has 0 bridgehead atoms. The number of hydrogen-bond acceptors (Lipinski definition) is 3. The van der Waals surface area contributed by atoms with Crippen LogP contribution in [0.1, 0.15) is 51.9 Å². The SMILES string of the molecule is CCCCC1CCC(C(=O)Nc2ncccc2N)CC1. The minimum atomic E-state index is 0.0735. The van der Waals surface area contributed by atoms with Crippen LogP contribution in [0.2, 0.25) is 0 Å². The molecule has 20 heavy (non-hydrogen) atoms. The maximum absolute atomic E-state index is 12.2. The number of anilines is 2. The number of nitrogens with two attached hydrogens (primary N) is 1. The van der Waals surface area contributed by atoms with Crippen molar-refractivity contribution in [2.24, 2.45) is 11.8 Å². The number of nitrogens with one attached hydrogen (secondary N) is 1. The third-order valence-electron chi connectivity index (χ3n) is 4.26. The van der Waals surface area contributed by atoms with E-state index in [4.69, 9.17) is 5.73 Å². The van der Waals surface area contributed by atoms with E-state index in [1.54, 1.807) is 18.3 Å². The normalized spacial score (nSPS) is 22.4. The van der Waals surface area contributed by atoms with E-state index >= 15 is 0 Å². The molecule has 0 saturated heterocycles. The molecular formula is C16H25N3O. The molecule has 1 aromatic heterocycles. The third kappa shape index (κ3) is 3.95. The van der Waals surface area contributed by atoms with Crippen molar-refractivity contribution in [1.82, 2.24) is 4.98 Å². The highest BCUT2D eigenvalue weighted by atomic mass is 16.1. The van der Waals surface area contributed by atoms with Gasteiger partial charge < -0.3 is 11.1 Å². The Morgan fingerprint density at radius 1 is 1.40 bits per heavy atom. The summed E-state index contributed by atoms with van der Waals surface area (Å²) in [5.74, 6) is 1.50. The quantitative estimate of drug-likeness (QED) is 0.862. The molecule has 0 spiro atoms. The molecule has 1 fully saturated rings. The lowest BCUT2D eigenvalue weighted by Gasteiger charge is -2.27. The molecule has 110 valence electrons. The Labute approximate surface area is 121 Å². The van der Waals surface area contributed by atoms with E-state index < -0.39 is 0 Å². The van der Waals surface area contributed by atoms with Crippen molar-refractivity contribution in [2.45, 2.75) is 51.9 Å². The standard InChI is InChI=1S/C16H25N3O/c1-2-3-5-12-7-9-13(10-8-12)16(20)19-15-14(17)6-4-11-18-15/h4,6,11-13H,2-3,5,7-10,17H2,1H3,(H,18,19,20). The number of pyridine rings is 1. The smallest absolute Gasteiger partial charge is 0.228 e. The number of nitrogen functional groups attached to an aromatic ring is 1. The minimum Gasteiger partial charge on any atom is -0.396 e. The lowest BCUT2D eigenvalue weighted by Crippen LogP contribution is -2.27. The molecule has 0 atom stereocenters. The predicted octanol–water partition coefficient (Wildman–Crippen LogP) is 3.60. The van der Waals surface area contributed by atoms with Crippen LogP contribution in [0, 0.1) is 11.8 Å². The van der Waals surface area contributed by atoms with E-state index in [1.165, 1.54) is 32.1 Å². The van der Waals surface area contributed by atoms with E-state index in [2.05, 4.69) is 17.2 Å². The first kappa shape index (κ1) is 14.8. The lowest BCUT2D eigenvalue weighted by molar-refractivity contribution is -0.121. The lowest BCUT2D eigenvalue weighted by atomic mass is 9.79. The monoisotopic (exact) mass is 275 g/mol. The Balaban J connectivity index is 1.82. The van der Waals surface area contributed by atoms with Crippen molar-refractivity contribution in [3.63, 3.8) is 0 Å². The zero-order valence-corrected chi connectivity index (χ0v) is 12.3. The van der Waals surface area contributed by atoms with Gasteiger partial charge in [0.15, 0.2) is 5.82 Å². The van der Waals surface area contributed by atoms with Crippen LogP contribution >= 0.6 is 0 Å². The molecule has 2 rings (SSSR count). The topological polar surface area (TPSA) is 68.0 Å². The first-order chi connectivity index (χ1) is 9.70. The van der Waals surface area contributed by atoms with Gasteiger partial charge in [-0.2, -0.15) is 0 Å². The van der Waals surface area contributed by atoms with Gasteiger partial charge in [0.05, 0.1) is 5.69 Å². The summed E-state index contributed by atoms with van der Waals surface area (Å²) in [5, 5.41) is 2.86. The predicted molar refractivity (Wildman–Crippen MR) is 82.3 cm³/mol. The third-order valence-corrected chi connectivity index (χ3v) is 4.26. The van der Waals surface area contributed by atoms with Crippen LogP contribution in [0.3, 0.4) is 0 Å². The average Bonchev–Trinajstić information content (AvgIpc) is 2.48. The van der Waals surface area contributed by atoms with Crippen LogP contribution in [0.25, 0.3) is 0 Å². The van der Waals surface area contributed by atoms with Crippen LogP contribution < -0.4 is 11.1 Å². The van der Waals surface area contributed by atoms with Gasteiger partial charge in [-0.05, 0) is 43.7 Å². The Bertz CT molecular complexity index is 439. The van der Waals surface area contributed by atoms with E-state index in [0.717, 1.165) is 18.8 Å². The van der Waals surface area contributed by atoms with Crippen molar-refractivity contribution in [2.75, 3.05) is 11.1 Å². The maximum atomic E-state index is 12.2. The summed E-state index contributed by atoms with van der Waals surface area (Å²) in [6, 6.07) is 3.52. The highest BCUT2D eigenvalue weighted by Crippen LogP contribution is 2.32. The molecule has 1 saturated carbocycles. The van der Waals surface area contributed by atoms with Gasteiger partial charge in [-0.25, -0.2) is 4.98 Å². The first-order valence-corrected chi connectivity index (χ1v) is 7.72. The molecule has 0 aromatic carbocycles. The van der Waals surface area contributed by atoms with Crippen LogP contribution in [-0.4, -0.2) is 10.9 Å². The Hall–Kier alpha value is -1.58. The molecular weight excluding hydrogens is 250 g/mol.